The molecule has 1 fully saturated rings. The van der Waals surface area contributed by atoms with Gasteiger partial charge in [-0.05, 0) is 56.6 Å². The van der Waals surface area contributed by atoms with Gasteiger partial charge in [-0.15, -0.1) is 0 Å². The van der Waals surface area contributed by atoms with Gasteiger partial charge in [0.05, 0.1) is 6.04 Å². The van der Waals surface area contributed by atoms with Crippen LogP contribution >= 0.6 is 0 Å². The highest BCUT2D eigenvalue weighted by Crippen LogP contribution is 2.24. The fraction of sp³-hybridized carbons (Fsp3) is 0.455. The quantitative estimate of drug-likeness (QED) is 0.781. The lowest BCUT2D eigenvalue weighted by molar-refractivity contribution is -0.136. The molecule has 6 heteroatoms. The number of para-hydroxylation sites is 1. The average molecular weight is 383 g/mol. The summed E-state index contributed by atoms with van der Waals surface area (Å²) in [4.78, 5) is 27.2. The van der Waals surface area contributed by atoms with E-state index in [1.165, 1.54) is 25.7 Å². The minimum Gasteiger partial charge on any atom is -0.353 e. The van der Waals surface area contributed by atoms with Gasteiger partial charge in [-0.25, -0.2) is 0 Å². The number of aryl methyl sites for hydroxylation is 2. The molecule has 3 rings (SSSR count). The maximum absolute atomic E-state index is 12.4. The number of benzene rings is 1. The van der Waals surface area contributed by atoms with E-state index in [4.69, 9.17) is 0 Å². The van der Waals surface area contributed by atoms with E-state index in [2.05, 4.69) is 26.2 Å². The van der Waals surface area contributed by atoms with Crippen molar-refractivity contribution in [3.8, 4) is 0 Å². The van der Waals surface area contributed by atoms with Crippen molar-refractivity contribution in [1.82, 2.24) is 14.8 Å². The zero-order chi connectivity index (χ0) is 19.9. The smallest absolute Gasteiger partial charge is 0.313 e. The van der Waals surface area contributed by atoms with Crippen molar-refractivity contribution in [2.45, 2.75) is 38.6 Å². The molecule has 0 radical (unpaired) electrons. The Balaban J connectivity index is 1.65. The number of carbonyl (C=O) groups excluding carboxylic acids is 2. The first-order chi connectivity index (χ1) is 13.6. The Labute approximate surface area is 166 Å². The largest absolute Gasteiger partial charge is 0.353 e. The molecule has 1 aromatic heterocycles. The Morgan fingerprint density at radius 1 is 1.00 bits per heavy atom. The minimum absolute atomic E-state index is 0.0633. The first-order valence-electron chi connectivity index (χ1n) is 10.1. The molecule has 2 heterocycles. The number of rotatable bonds is 5. The summed E-state index contributed by atoms with van der Waals surface area (Å²) in [6, 6.07) is 11.6. The molecule has 0 aliphatic carbocycles. The summed E-state index contributed by atoms with van der Waals surface area (Å²) < 4.78 is 2.09. The highest BCUT2D eigenvalue weighted by atomic mass is 16.2. The lowest BCUT2D eigenvalue weighted by atomic mass is 10.1. The molecule has 0 saturated carbocycles. The summed E-state index contributed by atoms with van der Waals surface area (Å²) in [7, 11) is 2.02. The summed E-state index contributed by atoms with van der Waals surface area (Å²) in [6.07, 6.45) is 6.86. The van der Waals surface area contributed by atoms with Crippen molar-refractivity contribution in [2.75, 3.05) is 25.0 Å². The second-order valence-corrected chi connectivity index (χ2v) is 7.49. The van der Waals surface area contributed by atoms with Crippen LogP contribution in [0.3, 0.4) is 0 Å². The zero-order valence-electron chi connectivity index (χ0n) is 16.8. The van der Waals surface area contributed by atoms with Crippen LogP contribution in [0.2, 0.25) is 0 Å². The lowest BCUT2D eigenvalue weighted by Gasteiger charge is -2.31. The van der Waals surface area contributed by atoms with Gasteiger partial charge in [0.1, 0.15) is 0 Å². The van der Waals surface area contributed by atoms with E-state index >= 15 is 0 Å². The predicted octanol–water partition coefficient (Wildman–Crippen LogP) is 3.01. The van der Waals surface area contributed by atoms with E-state index < -0.39 is 11.8 Å². The van der Waals surface area contributed by atoms with Crippen LogP contribution in [0, 0.1) is 6.92 Å². The van der Waals surface area contributed by atoms with Crippen LogP contribution in [-0.4, -0.2) is 40.9 Å². The molecule has 6 nitrogen and oxygen atoms in total. The number of nitrogens with zero attached hydrogens (tertiary/aromatic N) is 2. The Morgan fingerprint density at radius 3 is 2.36 bits per heavy atom. The van der Waals surface area contributed by atoms with Crippen LogP contribution in [0.25, 0.3) is 0 Å². The van der Waals surface area contributed by atoms with Crippen LogP contribution < -0.4 is 10.6 Å². The summed E-state index contributed by atoms with van der Waals surface area (Å²) in [5.41, 5.74) is 2.74. The molecule has 1 unspecified atom stereocenters. The number of hydrogen-bond acceptors (Lipinski definition) is 3. The zero-order valence-corrected chi connectivity index (χ0v) is 16.8. The molecule has 1 atom stereocenters. The molecular weight excluding hydrogens is 352 g/mol. The first kappa shape index (κ1) is 20.1. The Hall–Kier alpha value is -2.60. The third-order valence-electron chi connectivity index (χ3n) is 5.46. The molecule has 0 spiro atoms. The van der Waals surface area contributed by atoms with Crippen LogP contribution in [0.1, 0.15) is 43.0 Å². The highest BCUT2D eigenvalue weighted by molar-refractivity contribution is 6.39. The van der Waals surface area contributed by atoms with Crippen molar-refractivity contribution in [2.24, 2.45) is 7.05 Å². The van der Waals surface area contributed by atoms with E-state index in [-0.39, 0.29) is 6.04 Å². The van der Waals surface area contributed by atoms with E-state index in [9.17, 15) is 9.59 Å². The fourth-order valence-electron chi connectivity index (χ4n) is 3.81. The van der Waals surface area contributed by atoms with Crippen molar-refractivity contribution in [3.63, 3.8) is 0 Å². The summed E-state index contributed by atoms with van der Waals surface area (Å²) >= 11 is 0. The Morgan fingerprint density at radius 2 is 1.71 bits per heavy atom. The van der Waals surface area contributed by atoms with Gasteiger partial charge < -0.3 is 15.2 Å². The number of aromatic nitrogens is 1. The van der Waals surface area contributed by atoms with Gasteiger partial charge in [0.25, 0.3) is 0 Å². The molecule has 1 aliphatic rings. The Kier molecular flexibility index (Phi) is 6.87. The molecule has 2 aromatic rings. The van der Waals surface area contributed by atoms with Gasteiger partial charge in [-0.2, -0.15) is 0 Å². The molecule has 1 saturated heterocycles. The summed E-state index contributed by atoms with van der Waals surface area (Å²) in [5, 5.41) is 5.55. The third kappa shape index (κ3) is 5.01. The fourth-order valence-corrected chi connectivity index (χ4v) is 3.81. The molecule has 28 heavy (non-hydrogen) atoms. The second kappa shape index (κ2) is 9.55. The Bertz CT molecular complexity index is 806. The van der Waals surface area contributed by atoms with Gasteiger partial charge in [0.2, 0.25) is 0 Å². The van der Waals surface area contributed by atoms with Crippen LogP contribution in [-0.2, 0) is 16.6 Å². The van der Waals surface area contributed by atoms with Gasteiger partial charge >= 0.3 is 11.8 Å². The van der Waals surface area contributed by atoms with Crippen molar-refractivity contribution in [1.29, 1.82) is 0 Å². The number of hydrogen-bond donors (Lipinski definition) is 2. The topological polar surface area (TPSA) is 66.4 Å². The van der Waals surface area contributed by atoms with E-state index in [1.54, 1.807) is 6.07 Å². The number of amides is 2. The summed E-state index contributed by atoms with van der Waals surface area (Å²) in [6.45, 7) is 4.35. The predicted molar refractivity (Wildman–Crippen MR) is 111 cm³/mol. The van der Waals surface area contributed by atoms with E-state index in [1.807, 2.05) is 44.4 Å². The molecule has 0 bridgehead atoms. The molecule has 1 aromatic carbocycles. The molecule has 1 aliphatic heterocycles. The SMILES string of the molecule is Cc1ccccc1NC(=O)C(=O)NCC(c1cccn1C)N1CCCCCC1. The average Bonchev–Trinajstić information content (AvgIpc) is 2.93. The number of carbonyl (C=O) groups is 2. The van der Waals surface area contributed by atoms with E-state index in [0.29, 0.717) is 12.2 Å². The van der Waals surface area contributed by atoms with Crippen LogP contribution in [0.15, 0.2) is 42.6 Å². The maximum atomic E-state index is 12.4. The molecule has 2 amide bonds. The second-order valence-electron chi connectivity index (χ2n) is 7.49. The number of nitrogens with one attached hydrogen (secondary N) is 2. The first-order valence-corrected chi connectivity index (χ1v) is 10.1. The maximum Gasteiger partial charge on any atom is 0.313 e. The van der Waals surface area contributed by atoms with Gasteiger partial charge in [0.15, 0.2) is 0 Å². The van der Waals surface area contributed by atoms with Crippen molar-refractivity contribution >= 4 is 17.5 Å². The van der Waals surface area contributed by atoms with Gasteiger partial charge in [-0.1, -0.05) is 31.0 Å². The lowest BCUT2D eigenvalue weighted by Crippen LogP contribution is -2.43. The molecule has 2 N–H and O–H groups in total. The highest BCUT2D eigenvalue weighted by Gasteiger charge is 2.25. The van der Waals surface area contributed by atoms with E-state index in [0.717, 1.165) is 24.3 Å². The monoisotopic (exact) mass is 382 g/mol. The van der Waals surface area contributed by atoms with Crippen LogP contribution in [0.4, 0.5) is 5.69 Å². The summed E-state index contributed by atoms with van der Waals surface area (Å²) in [5.74, 6) is -1.23. The van der Waals surface area contributed by atoms with Gasteiger partial charge in [-0.3, -0.25) is 14.5 Å². The normalized spacial score (nSPS) is 16.2. The van der Waals surface area contributed by atoms with Gasteiger partial charge in [0, 0.05) is 31.2 Å². The standard InChI is InChI=1S/C22H30N4O2/c1-17-10-5-6-11-18(17)24-22(28)21(27)23-16-20(19-12-9-13-25(19)2)26-14-7-3-4-8-15-26/h5-6,9-13,20H,3-4,7-8,14-16H2,1-2H3,(H,23,27)(H,24,28). The molecular formula is C22H30N4O2. The number of anilines is 1. The van der Waals surface area contributed by atoms with Crippen molar-refractivity contribution < 1.29 is 9.59 Å². The minimum atomic E-state index is -0.629. The number of likely N-dealkylation sites (tertiary alicyclic amines) is 1. The van der Waals surface area contributed by atoms with Crippen molar-refractivity contribution in [3.05, 3.63) is 53.9 Å². The third-order valence-corrected chi connectivity index (χ3v) is 5.46. The molecule has 150 valence electrons. The van der Waals surface area contributed by atoms with Crippen LogP contribution in [0.5, 0.6) is 0 Å².